The van der Waals surface area contributed by atoms with Crippen molar-refractivity contribution >= 4 is 17.0 Å². The number of nitrogen functional groups attached to an aromatic ring is 1. The van der Waals surface area contributed by atoms with Crippen molar-refractivity contribution in [2.45, 2.75) is 19.4 Å². The van der Waals surface area contributed by atoms with Crippen molar-refractivity contribution in [1.82, 2.24) is 10.3 Å². The number of pyridine rings is 1. The van der Waals surface area contributed by atoms with E-state index in [4.69, 9.17) is 5.73 Å². The van der Waals surface area contributed by atoms with E-state index in [-0.39, 0.29) is 0 Å². The van der Waals surface area contributed by atoms with Crippen LogP contribution in [0.5, 0.6) is 0 Å². The van der Waals surface area contributed by atoms with Crippen molar-refractivity contribution in [3.8, 4) is 0 Å². The second-order valence-corrected chi connectivity index (χ2v) is 4.87. The SMILES string of the molecule is CNC(Cc1cnccc1N)c1cscc1C. The lowest BCUT2D eigenvalue weighted by Crippen LogP contribution is -2.19. The van der Waals surface area contributed by atoms with Gasteiger partial charge in [0, 0.05) is 24.1 Å². The minimum Gasteiger partial charge on any atom is -0.398 e. The summed E-state index contributed by atoms with van der Waals surface area (Å²) in [5.74, 6) is 0. The van der Waals surface area contributed by atoms with Crippen LogP contribution in [0.25, 0.3) is 0 Å². The first-order valence-electron chi connectivity index (χ1n) is 5.60. The molecule has 1 unspecified atom stereocenters. The van der Waals surface area contributed by atoms with E-state index in [0.717, 1.165) is 17.7 Å². The fraction of sp³-hybridized carbons (Fsp3) is 0.308. The van der Waals surface area contributed by atoms with Crippen molar-refractivity contribution in [3.05, 3.63) is 45.9 Å². The first-order chi connectivity index (χ1) is 8.22. The Hall–Kier alpha value is -1.39. The van der Waals surface area contributed by atoms with Crippen molar-refractivity contribution in [2.24, 2.45) is 0 Å². The van der Waals surface area contributed by atoms with Gasteiger partial charge in [-0.05, 0) is 53.9 Å². The Labute approximate surface area is 106 Å². The highest BCUT2D eigenvalue weighted by Crippen LogP contribution is 2.26. The quantitative estimate of drug-likeness (QED) is 0.873. The third-order valence-electron chi connectivity index (χ3n) is 2.98. The topological polar surface area (TPSA) is 50.9 Å². The number of hydrogen-bond donors (Lipinski definition) is 2. The molecule has 2 rings (SSSR count). The number of aromatic nitrogens is 1. The lowest BCUT2D eigenvalue weighted by atomic mass is 9.99. The van der Waals surface area contributed by atoms with E-state index >= 15 is 0 Å². The molecule has 3 nitrogen and oxygen atoms in total. The smallest absolute Gasteiger partial charge is 0.0378 e. The molecule has 90 valence electrons. The molecule has 3 N–H and O–H groups in total. The van der Waals surface area contributed by atoms with Gasteiger partial charge in [0.25, 0.3) is 0 Å². The van der Waals surface area contributed by atoms with E-state index in [1.54, 1.807) is 17.5 Å². The minimum absolute atomic E-state index is 0.299. The maximum Gasteiger partial charge on any atom is 0.0378 e. The minimum atomic E-state index is 0.299. The average Bonchev–Trinajstić information content (AvgIpc) is 2.75. The van der Waals surface area contributed by atoms with Crippen LogP contribution in [0.1, 0.15) is 22.7 Å². The van der Waals surface area contributed by atoms with Gasteiger partial charge in [-0.25, -0.2) is 0 Å². The zero-order valence-corrected chi connectivity index (χ0v) is 10.9. The van der Waals surface area contributed by atoms with Crippen molar-refractivity contribution < 1.29 is 0 Å². The molecule has 2 aromatic rings. The molecule has 0 aliphatic carbocycles. The third-order valence-corrected chi connectivity index (χ3v) is 3.86. The van der Waals surface area contributed by atoms with Gasteiger partial charge in [0.2, 0.25) is 0 Å². The first-order valence-corrected chi connectivity index (χ1v) is 6.55. The number of likely N-dealkylation sites (N-methyl/N-ethyl adjacent to an activating group) is 1. The summed E-state index contributed by atoms with van der Waals surface area (Å²) in [5.41, 5.74) is 10.5. The van der Waals surface area contributed by atoms with Gasteiger partial charge in [0.05, 0.1) is 0 Å². The van der Waals surface area contributed by atoms with E-state index in [1.807, 2.05) is 19.3 Å². The molecule has 0 aliphatic heterocycles. The Morgan fingerprint density at radius 1 is 1.47 bits per heavy atom. The molecule has 2 heterocycles. The van der Waals surface area contributed by atoms with Crippen LogP contribution in [0, 0.1) is 6.92 Å². The van der Waals surface area contributed by atoms with Gasteiger partial charge in [-0.1, -0.05) is 0 Å². The number of nitrogens with two attached hydrogens (primary N) is 1. The van der Waals surface area contributed by atoms with Gasteiger partial charge in [0.15, 0.2) is 0 Å². The highest BCUT2D eigenvalue weighted by atomic mass is 32.1. The highest BCUT2D eigenvalue weighted by molar-refractivity contribution is 7.08. The van der Waals surface area contributed by atoms with E-state index < -0.39 is 0 Å². The molecular weight excluding hydrogens is 230 g/mol. The molecule has 0 saturated carbocycles. The van der Waals surface area contributed by atoms with Gasteiger partial charge in [-0.2, -0.15) is 11.3 Å². The lowest BCUT2D eigenvalue weighted by Gasteiger charge is -2.17. The molecule has 0 radical (unpaired) electrons. The van der Waals surface area contributed by atoms with E-state index in [9.17, 15) is 0 Å². The maximum atomic E-state index is 5.95. The number of aryl methyl sites for hydroxylation is 1. The van der Waals surface area contributed by atoms with Gasteiger partial charge >= 0.3 is 0 Å². The van der Waals surface area contributed by atoms with Crippen LogP contribution in [-0.2, 0) is 6.42 Å². The summed E-state index contributed by atoms with van der Waals surface area (Å²) in [7, 11) is 1.98. The number of hydrogen-bond acceptors (Lipinski definition) is 4. The molecule has 0 aromatic carbocycles. The van der Waals surface area contributed by atoms with Crippen LogP contribution in [0.4, 0.5) is 5.69 Å². The fourth-order valence-corrected chi connectivity index (χ4v) is 2.83. The standard InChI is InChI=1S/C13H17N3S/c1-9-7-17-8-11(9)13(15-2)5-10-6-16-4-3-12(10)14/h3-4,6-8,13,15H,5H2,1-2H3,(H2,14,16). The summed E-state index contributed by atoms with van der Waals surface area (Å²) in [4.78, 5) is 4.13. The average molecular weight is 247 g/mol. The normalized spacial score (nSPS) is 12.6. The second-order valence-electron chi connectivity index (χ2n) is 4.13. The third kappa shape index (κ3) is 2.65. The first kappa shape index (κ1) is 12.1. The van der Waals surface area contributed by atoms with Gasteiger partial charge < -0.3 is 11.1 Å². The van der Waals surface area contributed by atoms with Crippen molar-refractivity contribution in [3.63, 3.8) is 0 Å². The predicted molar refractivity (Wildman–Crippen MR) is 73.2 cm³/mol. The van der Waals surface area contributed by atoms with Crippen LogP contribution in [0.3, 0.4) is 0 Å². The summed E-state index contributed by atoms with van der Waals surface area (Å²) in [6, 6.07) is 2.15. The zero-order chi connectivity index (χ0) is 12.3. The largest absolute Gasteiger partial charge is 0.398 e. The Morgan fingerprint density at radius 3 is 2.88 bits per heavy atom. The molecule has 0 amide bonds. The van der Waals surface area contributed by atoms with E-state index in [2.05, 4.69) is 28.0 Å². The number of anilines is 1. The molecule has 0 saturated heterocycles. The number of nitrogens with one attached hydrogen (secondary N) is 1. The monoisotopic (exact) mass is 247 g/mol. The van der Waals surface area contributed by atoms with Crippen molar-refractivity contribution in [2.75, 3.05) is 12.8 Å². The summed E-state index contributed by atoms with van der Waals surface area (Å²) >= 11 is 1.74. The summed E-state index contributed by atoms with van der Waals surface area (Å²) < 4.78 is 0. The number of thiophene rings is 1. The Kier molecular flexibility index (Phi) is 3.76. The Bertz CT molecular complexity index is 493. The van der Waals surface area contributed by atoms with E-state index in [0.29, 0.717) is 6.04 Å². The Morgan fingerprint density at radius 2 is 2.29 bits per heavy atom. The number of rotatable bonds is 4. The second kappa shape index (κ2) is 5.29. The molecule has 4 heteroatoms. The maximum absolute atomic E-state index is 5.95. The van der Waals surface area contributed by atoms with Crippen LogP contribution in [0.2, 0.25) is 0 Å². The molecule has 0 aliphatic rings. The van der Waals surface area contributed by atoms with Crippen LogP contribution in [0.15, 0.2) is 29.2 Å². The van der Waals surface area contributed by atoms with Crippen LogP contribution < -0.4 is 11.1 Å². The van der Waals surface area contributed by atoms with Gasteiger partial charge in [0.1, 0.15) is 0 Å². The molecule has 1 atom stereocenters. The highest BCUT2D eigenvalue weighted by Gasteiger charge is 2.14. The zero-order valence-electron chi connectivity index (χ0n) is 10.1. The van der Waals surface area contributed by atoms with Gasteiger partial charge in [-0.3, -0.25) is 4.98 Å². The van der Waals surface area contributed by atoms with Crippen LogP contribution >= 0.6 is 11.3 Å². The van der Waals surface area contributed by atoms with Gasteiger partial charge in [-0.15, -0.1) is 0 Å². The molecular formula is C13H17N3S. The fourth-order valence-electron chi connectivity index (χ4n) is 1.92. The molecule has 0 spiro atoms. The summed E-state index contributed by atoms with van der Waals surface area (Å²) in [6.45, 7) is 2.14. The Balaban J connectivity index is 2.22. The molecule has 0 fully saturated rings. The predicted octanol–water partition coefficient (Wildman–Crippen LogP) is 2.54. The lowest BCUT2D eigenvalue weighted by molar-refractivity contribution is 0.591. The molecule has 0 bridgehead atoms. The van der Waals surface area contributed by atoms with E-state index in [1.165, 1.54) is 11.1 Å². The molecule has 17 heavy (non-hydrogen) atoms. The van der Waals surface area contributed by atoms with Crippen molar-refractivity contribution in [1.29, 1.82) is 0 Å². The summed E-state index contributed by atoms with van der Waals surface area (Å²) in [6.07, 6.45) is 4.44. The van der Waals surface area contributed by atoms with Crippen LogP contribution in [-0.4, -0.2) is 12.0 Å². The molecule has 2 aromatic heterocycles. The summed E-state index contributed by atoms with van der Waals surface area (Å²) in [5, 5.41) is 7.71. The number of nitrogens with zero attached hydrogens (tertiary/aromatic N) is 1.